The quantitative estimate of drug-likeness (QED) is 0.834. The maximum Gasteiger partial charge on any atom is 0.253 e. The van der Waals surface area contributed by atoms with Crippen LogP contribution in [-0.2, 0) is 4.74 Å². The molecule has 1 saturated heterocycles. The van der Waals surface area contributed by atoms with E-state index in [1.807, 2.05) is 30.0 Å². The van der Waals surface area contributed by atoms with Gasteiger partial charge in [0.1, 0.15) is 0 Å². The molecule has 19 heavy (non-hydrogen) atoms. The molecule has 0 aromatic heterocycles. The van der Waals surface area contributed by atoms with Crippen LogP contribution >= 0.6 is 15.9 Å². The van der Waals surface area contributed by atoms with Gasteiger partial charge < -0.3 is 9.64 Å². The van der Waals surface area contributed by atoms with Crippen LogP contribution in [0.15, 0.2) is 22.7 Å². The summed E-state index contributed by atoms with van der Waals surface area (Å²) in [6, 6.07) is 5.76. The molecule has 2 rings (SSSR count). The average Bonchev–Trinajstić information content (AvgIpc) is 2.41. The van der Waals surface area contributed by atoms with E-state index in [0.717, 1.165) is 35.0 Å². The maximum atomic E-state index is 12.5. The molecule has 1 atom stereocenters. The first-order chi connectivity index (χ1) is 8.95. The van der Waals surface area contributed by atoms with Crippen LogP contribution in [0.25, 0.3) is 0 Å². The van der Waals surface area contributed by atoms with Crippen molar-refractivity contribution in [3.05, 3.63) is 33.8 Å². The summed E-state index contributed by atoms with van der Waals surface area (Å²) in [5.74, 6) is 0.0867. The number of nitrogens with zero attached hydrogens (tertiary/aromatic N) is 1. The second-order valence-electron chi connectivity index (χ2n) is 5.45. The average molecular weight is 326 g/mol. The van der Waals surface area contributed by atoms with Gasteiger partial charge in [0, 0.05) is 30.2 Å². The molecule has 104 valence electrons. The lowest BCUT2D eigenvalue weighted by Gasteiger charge is -2.39. The van der Waals surface area contributed by atoms with Crippen LogP contribution < -0.4 is 0 Å². The standard InChI is InChI=1S/C15H20BrNO2/c1-11-5-6-12(9-13(11)16)14(18)17-8-4-7-15(2,10-17)19-3/h5-6,9H,4,7-8,10H2,1-3H3. The fourth-order valence-electron chi connectivity index (χ4n) is 2.45. The highest BCUT2D eigenvalue weighted by Gasteiger charge is 2.33. The highest BCUT2D eigenvalue weighted by molar-refractivity contribution is 9.10. The number of methoxy groups -OCH3 is 1. The van der Waals surface area contributed by atoms with Gasteiger partial charge in [0.15, 0.2) is 0 Å². The van der Waals surface area contributed by atoms with Crippen molar-refractivity contribution >= 4 is 21.8 Å². The SMILES string of the molecule is COC1(C)CCCN(C(=O)c2ccc(C)c(Br)c2)C1. The normalized spacial score (nSPS) is 23.5. The maximum absolute atomic E-state index is 12.5. The number of halogens is 1. The van der Waals surface area contributed by atoms with Crippen molar-refractivity contribution in [1.29, 1.82) is 0 Å². The molecule has 1 unspecified atom stereocenters. The third kappa shape index (κ3) is 3.18. The van der Waals surface area contributed by atoms with Crippen LogP contribution in [0.4, 0.5) is 0 Å². The smallest absolute Gasteiger partial charge is 0.253 e. The van der Waals surface area contributed by atoms with Gasteiger partial charge in [-0.05, 0) is 44.4 Å². The lowest BCUT2D eigenvalue weighted by molar-refractivity contribution is -0.0440. The van der Waals surface area contributed by atoms with Crippen LogP contribution in [0.2, 0.25) is 0 Å². The molecule has 1 aliphatic heterocycles. The first kappa shape index (κ1) is 14.5. The third-order valence-corrected chi connectivity index (χ3v) is 4.71. The zero-order chi connectivity index (χ0) is 14.0. The van der Waals surface area contributed by atoms with Crippen molar-refractivity contribution in [2.75, 3.05) is 20.2 Å². The molecule has 1 amide bonds. The lowest BCUT2D eigenvalue weighted by Crippen LogP contribution is -2.49. The van der Waals surface area contributed by atoms with Gasteiger partial charge in [-0.2, -0.15) is 0 Å². The van der Waals surface area contributed by atoms with Crippen molar-refractivity contribution < 1.29 is 9.53 Å². The Labute approximate surface area is 123 Å². The summed E-state index contributed by atoms with van der Waals surface area (Å²) in [5.41, 5.74) is 1.66. The number of carbonyl (C=O) groups excluding carboxylic acids is 1. The van der Waals surface area contributed by atoms with E-state index in [1.54, 1.807) is 7.11 Å². The second kappa shape index (κ2) is 5.63. The van der Waals surface area contributed by atoms with Gasteiger partial charge in [0.2, 0.25) is 0 Å². The summed E-state index contributed by atoms with van der Waals surface area (Å²) in [7, 11) is 1.72. The molecule has 1 aromatic rings. The summed E-state index contributed by atoms with van der Waals surface area (Å²) in [4.78, 5) is 14.4. The Morgan fingerprint density at radius 2 is 2.21 bits per heavy atom. The number of carbonyl (C=O) groups is 1. The van der Waals surface area contributed by atoms with Crippen LogP contribution in [0.1, 0.15) is 35.7 Å². The van der Waals surface area contributed by atoms with E-state index in [-0.39, 0.29) is 11.5 Å². The van der Waals surface area contributed by atoms with Gasteiger partial charge in [-0.3, -0.25) is 4.79 Å². The molecule has 0 spiro atoms. The highest BCUT2D eigenvalue weighted by atomic mass is 79.9. The predicted octanol–water partition coefficient (Wildman–Crippen LogP) is 3.40. The summed E-state index contributed by atoms with van der Waals surface area (Å²) in [6.45, 7) is 5.55. The lowest BCUT2D eigenvalue weighted by atomic mass is 9.94. The van der Waals surface area contributed by atoms with Gasteiger partial charge in [0.05, 0.1) is 5.60 Å². The Bertz CT molecular complexity index is 489. The number of likely N-dealkylation sites (tertiary alicyclic amines) is 1. The van der Waals surface area contributed by atoms with Crippen molar-refractivity contribution in [1.82, 2.24) is 4.90 Å². The molecule has 0 bridgehead atoms. The number of ether oxygens (including phenoxy) is 1. The fraction of sp³-hybridized carbons (Fsp3) is 0.533. The Kier molecular flexibility index (Phi) is 4.31. The zero-order valence-electron chi connectivity index (χ0n) is 11.7. The van der Waals surface area contributed by atoms with E-state index in [4.69, 9.17) is 4.74 Å². The van der Waals surface area contributed by atoms with Crippen LogP contribution in [0, 0.1) is 6.92 Å². The number of piperidine rings is 1. The molecule has 3 nitrogen and oxygen atoms in total. The van der Waals surface area contributed by atoms with Gasteiger partial charge >= 0.3 is 0 Å². The summed E-state index contributed by atoms with van der Waals surface area (Å²) in [6.07, 6.45) is 1.99. The van der Waals surface area contributed by atoms with Gasteiger partial charge in [-0.1, -0.05) is 22.0 Å². The molecule has 0 aliphatic carbocycles. The Hall–Kier alpha value is -0.870. The van der Waals surface area contributed by atoms with Gasteiger partial charge in [0.25, 0.3) is 5.91 Å². The number of benzene rings is 1. The Morgan fingerprint density at radius 1 is 1.47 bits per heavy atom. The van der Waals surface area contributed by atoms with E-state index in [9.17, 15) is 4.79 Å². The van der Waals surface area contributed by atoms with Crippen LogP contribution in [0.5, 0.6) is 0 Å². The monoisotopic (exact) mass is 325 g/mol. The summed E-state index contributed by atoms with van der Waals surface area (Å²) in [5, 5.41) is 0. The Balaban J connectivity index is 2.17. The molecule has 1 heterocycles. The number of hydrogen-bond acceptors (Lipinski definition) is 2. The molecule has 4 heteroatoms. The third-order valence-electron chi connectivity index (χ3n) is 3.86. The van der Waals surface area contributed by atoms with Crippen LogP contribution in [-0.4, -0.2) is 36.6 Å². The number of rotatable bonds is 2. The van der Waals surface area contributed by atoms with E-state index in [1.165, 1.54) is 0 Å². The minimum absolute atomic E-state index is 0.0867. The highest BCUT2D eigenvalue weighted by Crippen LogP contribution is 2.26. The van der Waals surface area contributed by atoms with Crippen molar-refractivity contribution in [3.8, 4) is 0 Å². The number of hydrogen-bond donors (Lipinski definition) is 0. The molecule has 1 fully saturated rings. The van der Waals surface area contributed by atoms with Crippen molar-refractivity contribution in [3.63, 3.8) is 0 Å². The Morgan fingerprint density at radius 3 is 2.84 bits per heavy atom. The summed E-state index contributed by atoms with van der Waals surface area (Å²) >= 11 is 3.48. The van der Waals surface area contributed by atoms with Crippen molar-refractivity contribution in [2.45, 2.75) is 32.3 Å². The van der Waals surface area contributed by atoms with E-state index in [0.29, 0.717) is 6.54 Å². The van der Waals surface area contributed by atoms with Gasteiger partial charge in [-0.25, -0.2) is 0 Å². The van der Waals surface area contributed by atoms with Crippen molar-refractivity contribution in [2.24, 2.45) is 0 Å². The molecule has 0 saturated carbocycles. The first-order valence-electron chi connectivity index (χ1n) is 6.56. The predicted molar refractivity (Wildman–Crippen MR) is 79.4 cm³/mol. The molecular formula is C15H20BrNO2. The molecule has 1 aliphatic rings. The molecule has 1 aromatic carbocycles. The fourth-order valence-corrected chi connectivity index (χ4v) is 2.83. The molecule has 0 N–H and O–H groups in total. The van der Waals surface area contributed by atoms with E-state index < -0.39 is 0 Å². The van der Waals surface area contributed by atoms with Crippen LogP contribution in [0.3, 0.4) is 0 Å². The topological polar surface area (TPSA) is 29.5 Å². The van der Waals surface area contributed by atoms with Gasteiger partial charge in [-0.15, -0.1) is 0 Å². The molecular weight excluding hydrogens is 306 g/mol. The van der Waals surface area contributed by atoms with E-state index in [2.05, 4.69) is 22.9 Å². The molecule has 0 radical (unpaired) electrons. The number of aryl methyl sites for hydroxylation is 1. The number of amides is 1. The summed E-state index contributed by atoms with van der Waals surface area (Å²) < 4.78 is 6.51. The minimum Gasteiger partial charge on any atom is -0.377 e. The minimum atomic E-state index is -0.212. The second-order valence-corrected chi connectivity index (χ2v) is 6.30. The largest absolute Gasteiger partial charge is 0.377 e. The van der Waals surface area contributed by atoms with E-state index >= 15 is 0 Å². The zero-order valence-corrected chi connectivity index (χ0v) is 13.3. The first-order valence-corrected chi connectivity index (χ1v) is 7.35.